The molecule has 6 nitrogen and oxygen atoms in total. The minimum atomic E-state index is -0.777. The number of aliphatic carboxylic acids is 1. The van der Waals surface area contributed by atoms with Crippen LogP contribution < -0.4 is 4.90 Å². The van der Waals surface area contributed by atoms with Crippen molar-refractivity contribution in [2.24, 2.45) is 0 Å². The van der Waals surface area contributed by atoms with Crippen molar-refractivity contribution < 1.29 is 14.7 Å². The highest BCUT2D eigenvalue weighted by atomic mass is 16.4. The molecule has 25 heavy (non-hydrogen) atoms. The molecule has 2 rings (SSSR count). The average molecular weight is 347 g/mol. The molecule has 1 saturated heterocycles. The molecule has 1 amide bonds. The lowest BCUT2D eigenvalue weighted by atomic mass is 10.0. The molecule has 1 aliphatic rings. The molecule has 0 bridgehead atoms. The van der Waals surface area contributed by atoms with Gasteiger partial charge < -0.3 is 10.0 Å². The SMILES string of the molecule is CCN(C(=O)CN1CCC(N(CC)CC(=O)O)CC1)c1ccccc1. The second kappa shape index (κ2) is 9.53. The maximum atomic E-state index is 12.7. The first-order chi connectivity index (χ1) is 12.0. The Bertz CT molecular complexity index is 556. The lowest BCUT2D eigenvalue weighted by molar-refractivity contribution is -0.139. The highest BCUT2D eigenvalue weighted by Gasteiger charge is 2.26. The highest BCUT2D eigenvalue weighted by molar-refractivity contribution is 5.94. The largest absolute Gasteiger partial charge is 0.480 e. The van der Waals surface area contributed by atoms with Crippen molar-refractivity contribution in [3.8, 4) is 0 Å². The second-order valence-electron chi connectivity index (χ2n) is 6.44. The first-order valence-corrected chi connectivity index (χ1v) is 9.08. The molecule has 0 saturated carbocycles. The Morgan fingerprint density at radius 1 is 1.12 bits per heavy atom. The number of amides is 1. The Hall–Kier alpha value is -1.92. The summed E-state index contributed by atoms with van der Waals surface area (Å²) in [6.45, 7) is 7.56. The number of anilines is 1. The fourth-order valence-corrected chi connectivity index (χ4v) is 3.50. The molecular formula is C19H29N3O3. The van der Waals surface area contributed by atoms with Crippen molar-refractivity contribution in [3.63, 3.8) is 0 Å². The van der Waals surface area contributed by atoms with E-state index in [1.807, 2.05) is 54.0 Å². The van der Waals surface area contributed by atoms with E-state index in [-0.39, 0.29) is 12.5 Å². The van der Waals surface area contributed by atoms with Crippen LogP contribution in [0.25, 0.3) is 0 Å². The van der Waals surface area contributed by atoms with Crippen LogP contribution in [0, 0.1) is 0 Å². The number of carbonyl (C=O) groups excluding carboxylic acids is 1. The van der Waals surface area contributed by atoms with Crippen LogP contribution in [-0.4, -0.2) is 72.1 Å². The third-order valence-corrected chi connectivity index (χ3v) is 4.86. The van der Waals surface area contributed by atoms with Crippen LogP contribution >= 0.6 is 0 Å². The maximum absolute atomic E-state index is 12.7. The molecule has 0 aliphatic carbocycles. The monoisotopic (exact) mass is 347 g/mol. The van der Waals surface area contributed by atoms with Gasteiger partial charge in [0.05, 0.1) is 13.1 Å². The van der Waals surface area contributed by atoms with Gasteiger partial charge in [-0.15, -0.1) is 0 Å². The van der Waals surface area contributed by atoms with E-state index in [0.29, 0.717) is 19.1 Å². The predicted molar refractivity (Wildman–Crippen MR) is 98.8 cm³/mol. The van der Waals surface area contributed by atoms with Gasteiger partial charge in [0.2, 0.25) is 5.91 Å². The van der Waals surface area contributed by atoms with E-state index in [2.05, 4.69) is 4.90 Å². The minimum absolute atomic E-state index is 0.0950. The van der Waals surface area contributed by atoms with E-state index in [1.165, 1.54) is 0 Å². The normalized spacial score (nSPS) is 16.1. The summed E-state index contributed by atoms with van der Waals surface area (Å²) in [5, 5.41) is 9.01. The fraction of sp³-hybridized carbons (Fsp3) is 0.579. The van der Waals surface area contributed by atoms with Gasteiger partial charge in [-0.25, -0.2) is 0 Å². The van der Waals surface area contributed by atoms with Gasteiger partial charge in [-0.1, -0.05) is 25.1 Å². The molecule has 0 radical (unpaired) electrons. The van der Waals surface area contributed by atoms with E-state index in [1.54, 1.807) is 0 Å². The molecule has 1 aromatic carbocycles. The van der Waals surface area contributed by atoms with Crippen LogP contribution in [-0.2, 0) is 9.59 Å². The number of carbonyl (C=O) groups is 2. The van der Waals surface area contributed by atoms with Crippen molar-refractivity contribution in [1.29, 1.82) is 0 Å². The van der Waals surface area contributed by atoms with Crippen LogP contribution in [0.2, 0.25) is 0 Å². The lowest BCUT2D eigenvalue weighted by Crippen LogP contribution is -2.49. The molecule has 1 fully saturated rings. The van der Waals surface area contributed by atoms with Gasteiger partial charge in [0.1, 0.15) is 0 Å². The molecule has 0 unspecified atom stereocenters. The second-order valence-corrected chi connectivity index (χ2v) is 6.44. The number of nitrogens with zero attached hydrogens (tertiary/aromatic N) is 3. The molecule has 0 aromatic heterocycles. The number of likely N-dealkylation sites (tertiary alicyclic amines) is 1. The van der Waals surface area contributed by atoms with Crippen LogP contribution in [0.4, 0.5) is 5.69 Å². The third-order valence-electron chi connectivity index (χ3n) is 4.86. The Morgan fingerprint density at radius 2 is 1.76 bits per heavy atom. The Kier molecular flexibility index (Phi) is 7.40. The number of hydrogen-bond donors (Lipinski definition) is 1. The van der Waals surface area contributed by atoms with Gasteiger partial charge in [0.15, 0.2) is 0 Å². The zero-order valence-electron chi connectivity index (χ0n) is 15.2. The molecule has 1 aromatic rings. The van der Waals surface area contributed by atoms with Crippen molar-refractivity contribution in [3.05, 3.63) is 30.3 Å². The molecule has 0 spiro atoms. The Labute approximate surface area is 150 Å². The Balaban J connectivity index is 1.86. The van der Waals surface area contributed by atoms with Crippen molar-refractivity contribution >= 4 is 17.6 Å². The minimum Gasteiger partial charge on any atom is -0.480 e. The number of benzene rings is 1. The molecular weight excluding hydrogens is 318 g/mol. The van der Waals surface area contributed by atoms with Gasteiger partial charge >= 0.3 is 5.97 Å². The first kappa shape index (κ1) is 19.4. The molecule has 1 N–H and O–H groups in total. The van der Waals surface area contributed by atoms with Crippen molar-refractivity contribution in [2.75, 3.05) is 44.2 Å². The summed E-state index contributed by atoms with van der Waals surface area (Å²) < 4.78 is 0. The fourth-order valence-electron chi connectivity index (χ4n) is 3.50. The third kappa shape index (κ3) is 5.54. The summed E-state index contributed by atoms with van der Waals surface area (Å²) in [5.41, 5.74) is 0.934. The molecule has 138 valence electrons. The van der Waals surface area contributed by atoms with Gasteiger partial charge in [-0.05, 0) is 38.4 Å². The van der Waals surface area contributed by atoms with E-state index in [9.17, 15) is 9.59 Å². The summed E-state index contributed by atoms with van der Waals surface area (Å²) in [6, 6.07) is 10.0. The summed E-state index contributed by atoms with van der Waals surface area (Å²) >= 11 is 0. The van der Waals surface area contributed by atoms with Crippen molar-refractivity contribution in [1.82, 2.24) is 9.80 Å². The summed E-state index contributed by atoms with van der Waals surface area (Å²) in [4.78, 5) is 29.6. The van der Waals surface area contributed by atoms with Gasteiger partial charge in [0, 0.05) is 31.4 Å². The first-order valence-electron chi connectivity index (χ1n) is 9.08. The maximum Gasteiger partial charge on any atom is 0.317 e. The lowest BCUT2D eigenvalue weighted by Gasteiger charge is -2.37. The molecule has 6 heteroatoms. The number of carboxylic acids is 1. The van der Waals surface area contributed by atoms with Crippen LogP contribution in [0.1, 0.15) is 26.7 Å². The van der Waals surface area contributed by atoms with Crippen LogP contribution in [0.5, 0.6) is 0 Å². The van der Waals surface area contributed by atoms with Crippen LogP contribution in [0.3, 0.4) is 0 Å². The standard InChI is InChI=1S/C19H29N3O3/c1-3-21(15-19(24)25)16-10-12-20(13-11-16)14-18(23)22(4-2)17-8-6-5-7-9-17/h5-9,16H,3-4,10-15H2,1-2H3,(H,24,25). The van der Waals surface area contributed by atoms with Gasteiger partial charge in [-0.2, -0.15) is 0 Å². The average Bonchev–Trinajstić information content (AvgIpc) is 2.62. The van der Waals surface area contributed by atoms with E-state index in [0.717, 1.165) is 38.2 Å². The highest BCUT2D eigenvalue weighted by Crippen LogP contribution is 2.18. The Morgan fingerprint density at radius 3 is 2.28 bits per heavy atom. The molecule has 1 aliphatic heterocycles. The summed E-state index contributed by atoms with van der Waals surface area (Å²) in [6.07, 6.45) is 1.82. The quantitative estimate of drug-likeness (QED) is 0.778. The zero-order valence-corrected chi connectivity index (χ0v) is 15.2. The van der Waals surface area contributed by atoms with E-state index in [4.69, 9.17) is 5.11 Å². The number of hydrogen-bond acceptors (Lipinski definition) is 4. The van der Waals surface area contributed by atoms with E-state index < -0.39 is 5.97 Å². The molecule has 1 heterocycles. The smallest absolute Gasteiger partial charge is 0.317 e. The predicted octanol–water partition coefficient (Wildman–Crippen LogP) is 1.91. The topological polar surface area (TPSA) is 64.1 Å². The van der Waals surface area contributed by atoms with E-state index >= 15 is 0 Å². The number of para-hydroxylation sites is 1. The number of piperidine rings is 1. The number of likely N-dealkylation sites (N-methyl/N-ethyl adjacent to an activating group) is 2. The summed E-state index contributed by atoms with van der Waals surface area (Å²) in [7, 11) is 0. The zero-order chi connectivity index (χ0) is 18.2. The van der Waals surface area contributed by atoms with Gasteiger partial charge in [0.25, 0.3) is 0 Å². The van der Waals surface area contributed by atoms with Crippen LogP contribution in [0.15, 0.2) is 30.3 Å². The van der Waals surface area contributed by atoms with Gasteiger partial charge in [-0.3, -0.25) is 19.4 Å². The number of carboxylic acid groups (broad SMARTS) is 1. The summed E-state index contributed by atoms with van der Waals surface area (Å²) in [5.74, 6) is -0.661. The van der Waals surface area contributed by atoms with Crippen molar-refractivity contribution in [2.45, 2.75) is 32.7 Å². The number of rotatable bonds is 8. The molecule has 0 atom stereocenters.